The molecule has 1 saturated carbocycles. The van der Waals surface area contributed by atoms with Crippen LogP contribution in [-0.4, -0.2) is 11.1 Å². The summed E-state index contributed by atoms with van der Waals surface area (Å²) < 4.78 is 0. The van der Waals surface area contributed by atoms with Crippen molar-refractivity contribution in [3.05, 3.63) is 11.6 Å². The van der Waals surface area contributed by atoms with E-state index in [1.165, 1.54) is 12.0 Å². The SMILES string of the molecule is O=C(O)C1C=C2CC2C1. The summed E-state index contributed by atoms with van der Waals surface area (Å²) in [4.78, 5) is 10.3. The average molecular weight is 124 g/mol. The Morgan fingerprint density at radius 1 is 1.78 bits per heavy atom. The molecule has 0 radical (unpaired) electrons. The molecule has 2 nitrogen and oxygen atoms in total. The molecule has 0 bridgehead atoms. The highest BCUT2D eigenvalue weighted by Crippen LogP contribution is 2.49. The van der Waals surface area contributed by atoms with Crippen LogP contribution in [0.15, 0.2) is 11.6 Å². The second-order valence-corrected chi connectivity index (χ2v) is 2.82. The van der Waals surface area contributed by atoms with Crippen LogP contribution in [0.2, 0.25) is 0 Å². The van der Waals surface area contributed by atoms with Crippen molar-refractivity contribution in [3.63, 3.8) is 0 Å². The number of aliphatic carboxylic acids is 1. The number of allylic oxidation sites excluding steroid dienone is 1. The monoisotopic (exact) mass is 124 g/mol. The van der Waals surface area contributed by atoms with E-state index in [1.54, 1.807) is 0 Å². The number of carboxylic acids is 1. The molecule has 0 spiro atoms. The first kappa shape index (κ1) is 5.03. The molecule has 1 fully saturated rings. The number of carboxylic acid groups (broad SMARTS) is 1. The molecule has 0 saturated heterocycles. The van der Waals surface area contributed by atoms with E-state index in [0.717, 1.165) is 6.42 Å². The van der Waals surface area contributed by atoms with Crippen molar-refractivity contribution in [3.8, 4) is 0 Å². The number of fused-ring (bicyclic) bond motifs is 1. The fourth-order valence-electron chi connectivity index (χ4n) is 1.47. The van der Waals surface area contributed by atoms with Gasteiger partial charge in [-0.15, -0.1) is 0 Å². The highest BCUT2D eigenvalue weighted by atomic mass is 16.4. The summed E-state index contributed by atoms with van der Waals surface area (Å²) in [5, 5.41) is 8.51. The van der Waals surface area contributed by atoms with E-state index in [4.69, 9.17) is 5.11 Å². The zero-order valence-electron chi connectivity index (χ0n) is 5.00. The predicted octanol–water partition coefficient (Wildman–Crippen LogP) is 1.04. The van der Waals surface area contributed by atoms with Crippen molar-refractivity contribution in [2.45, 2.75) is 12.8 Å². The maximum atomic E-state index is 10.3. The standard InChI is InChI=1S/C7H8O2/c8-7(9)6-2-4-1-5(4)3-6/h2,5-6H,1,3H2,(H,8,9). The first-order valence-electron chi connectivity index (χ1n) is 3.21. The van der Waals surface area contributed by atoms with Crippen LogP contribution in [0, 0.1) is 11.8 Å². The molecule has 2 heteroatoms. The van der Waals surface area contributed by atoms with E-state index in [-0.39, 0.29) is 5.92 Å². The minimum Gasteiger partial charge on any atom is -0.481 e. The minimum atomic E-state index is -0.658. The Kier molecular flexibility index (Phi) is 0.770. The topological polar surface area (TPSA) is 37.3 Å². The normalized spacial score (nSPS) is 37.6. The average Bonchev–Trinajstić information content (AvgIpc) is 2.40. The van der Waals surface area contributed by atoms with E-state index in [1.807, 2.05) is 6.08 Å². The van der Waals surface area contributed by atoms with Gasteiger partial charge >= 0.3 is 5.97 Å². The largest absolute Gasteiger partial charge is 0.481 e. The van der Waals surface area contributed by atoms with E-state index in [9.17, 15) is 4.79 Å². The second-order valence-electron chi connectivity index (χ2n) is 2.82. The fourth-order valence-corrected chi connectivity index (χ4v) is 1.47. The van der Waals surface area contributed by atoms with Crippen LogP contribution in [0.1, 0.15) is 12.8 Å². The number of rotatable bonds is 1. The summed E-state index contributed by atoms with van der Waals surface area (Å²) in [6.45, 7) is 0. The van der Waals surface area contributed by atoms with E-state index < -0.39 is 5.97 Å². The van der Waals surface area contributed by atoms with Crippen LogP contribution in [0.25, 0.3) is 0 Å². The molecular formula is C7H8O2. The van der Waals surface area contributed by atoms with Gasteiger partial charge in [0.1, 0.15) is 0 Å². The van der Waals surface area contributed by atoms with Gasteiger partial charge in [0.05, 0.1) is 5.92 Å². The van der Waals surface area contributed by atoms with E-state index >= 15 is 0 Å². The summed E-state index contributed by atoms with van der Waals surface area (Å²) >= 11 is 0. The van der Waals surface area contributed by atoms with Crippen LogP contribution >= 0.6 is 0 Å². The van der Waals surface area contributed by atoms with Crippen molar-refractivity contribution < 1.29 is 9.90 Å². The quantitative estimate of drug-likeness (QED) is 0.530. The highest BCUT2D eigenvalue weighted by Gasteiger charge is 2.40. The lowest BCUT2D eigenvalue weighted by Gasteiger charge is -1.99. The van der Waals surface area contributed by atoms with Gasteiger partial charge < -0.3 is 5.11 Å². The maximum absolute atomic E-state index is 10.3. The third kappa shape index (κ3) is 0.661. The fraction of sp³-hybridized carbons (Fsp3) is 0.571. The molecule has 48 valence electrons. The van der Waals surface area contributed by atoms with Crippen molar-refractivity contribution >= 4 is 5.97 Å². The Labute approximate surface area is 53.2 Å². The van der Waals surface area contributed by atoms with Gasteiger partial charge in [0.2, 0.25) is 0 Å². The summed E-state index contributed by atoms with van der Waals surface area (Å²) in [5.74, 6) is -0.153. The lowest BCUT2D eigenvalue weighted by atomic mass is 10.1. The Morgan fingerprint density at radius 2 is 2.56 bits per heavy atom. The molecule has 0 aromatic carbocycles. The Morgan fingerprint density at radius 3 is 2.89 bits per heavy atom. The third-order valence-electron chi connectivity index (χ3n) is 2.12. The van der Waals surface area contributed by atoms with Crippen LogP contribution in [0.3, 0.4) is 0 Å². The molecule has 0 aromatic heterocycles. The second kappa shape index (κ2) is 1.38. The number of hydrogen-bond donors (Lipinski definition) is 1. The summed E-state index contributed by atoms with van der Waals surface area (Å²) in [7, 11) is 0. The number of hydrogen-bond acceptors (Lipinski definition) is 1. The lowest BCUT2D eigenvalue weighted by molar-refractivity contribution is -0.140. The van der Waals surface area contributed by atoms with Crippen LogP contribution in [-0.2, 0) is 4.79 Å². The first-order valence-corrected chi connectivity index (χ1v) is 3.21. The van der Waals surface area contributed by atoms with Crippen LogP contribution in [0.4, 0.5) is 0 Å². The molecule has 0 aromatic rings. The van der Waals surface area contributed by atoms with Gasteiger partial charge in [0, 0.05) is 0 Å². The molecule has 2 aliphatic rings. The molecule has 2 rings (SSSR count). The maximum Gasteiger partial charge on any atom is 0.310 e. The van der Waals surface area contributed by atoms with Gasteiger partial charge in [-0.05, 0) is 18.8 Å². The third-order valence-corrected chi connectivity index (χ3v) is 2.12. The van der Waals surface area contributed by atoms with Crippen molar-refractivity contribution in [1.82, 2.24) is 0 Å². The van der Waals surface area contributed by atoms with Gasteiger partial charge in [-0.3, -0.25) is 4.79 Å². The zero-order valence-corrected chi connectivity index (χ0v) is 5.00. The lowest BCUT2D eigenvalue weighted by Crippen LogP contribution is -2.08. The van der Waals surface area contributed by atoms with Crippen LogP contribution in [0.5, 0.6) is 0 Å². The molecule has 2 unspecified atom stereocenters. The van der Waals surface area contributed by atoms with Crippen molar-refractivity contribution in [1.29, 1.82) is 0 Å². The van der Waals surface area contributed by atoms with Gasteiger partial charge in [-0.2, -0.15) is 0 Å². The van der Waals surface area contributed by atoms with Crippen molar-refractivity contribution in [2.24, 2.45) is 11.8 Å². The van der Waals surface area contributed by atoms with E-state index in [2.05, 4.69) is 0 Å². The molecule has 9 heavy (non-hydrogen) atoms. The molecule has 2 aliphatic carbocycles. The Hall–Kier alpha value is -0.790. The van der Waals surface area contributed by atoms with Gasteiger partial charge in [-0.1, -0.05) is 11.6 Å². The molecule has 1 N–H and O–H groups in total. The Balaban J connectivity index is 2.12. The zero-order chi connectivity index (χ0) is 6.43. The smallest absolute Gasteiger partial charge is 0.310 e. The predicted molar refractivity (Wildman–Crippen MR) is 31.9 cm³/mol. The molecule has 0 heterocycles. The van der Waals surface area contributed by atoms with Gasteiger partial charge in [0.25, 0.3) is 0 Å². The van der Waals surface area contributed by atoms with Gasteiger partial charge in [-0.25, -0.2) is 0 Å². The molecule has 0 aliphatic heterocycles. The molecule has 0 amide bonds. The van der Waals surface area contributed by atoms with Gasteiger partial charge in [0.15, 0.2) is 0 Å². The summed E-state index contributed by atoms with van der Waals surface area (Å²) in [5.41, 5.74) is 1.38. The molecular weight excluding hydrogens is 116 g/mol. The highest BCUT2D eigenvalue weighted by molar-refractivity contribution is 5.74. The molecule has 2 atom stereocenters. The van der Waals surface area contributed by atoms with Crippen molar-refractivity contribution in [2.75, 3.05) is 0 Å². The Bertz CT molecular complexity index is 193. The minimum absolute atomic E-state index is 0.154. The summed E-state index contributed by atoms with van der Waals surface area (Å²) in [6, 6.07) is 0. The number of carbonyl (C=O) groups is 1. The van der Waals surface area contributed by atoms with Crippen LogP contribution < -0.4 is 0 Å². The van der Waals surface area contributed by atoms with E-state index in [0.29, 0.717) is 5.92 Å². The summed E-state index contributed by atoms with van der Waals surface area (Å²) in [6.07, 6.45) is 3.95. The first-order chi connectivity index (χ1) is 4.27.